The molecule has 0 saturated heterocycles. The van der Waals surface area contributed by atoms with E-state index in [1.807, 2.05) is 73.3 Å². The number of anilines is 1. The maximum Gasteiger partial charge on any atom is 0.231 e. The highest BCUT2D eigenvalue weighted by molar-refractivity contribution is 5.98. The summed E-state index contributed by atoms with van der Waals surface area (Å²) < 4.78 is 2.00. The third kappa shape index (κ3) is 4.35. The molecule has 4 rings (SSSR count). The number of rotatable bonds is 7. The van der Waals surface area contributed by atoms with Gasteiger partial charge in [-0.2, -0.15) is 5.10 Å². The van der Waals surface area contributed by atoms with Gasteiger partial charge in [-0.15, -0.1) is 0 Å². The summed E-state index contributed by atoms with van der Waals surface area (Å²) in [5, 5.41) is 4.80. The van der Waals surface area contributed by atoms with Gasteiger partial charge in [-0.1, -0.05) is 80.1 Å². The third-order valence-electron chi connectivity index (χ3n) is 5.83. The van der Waals surface area contributed by atoms with E-state index in [2.05, 4.69) is 37.3 Å². The molecular weight excluding hydrogens is 394 g/mol. The predicted octanol–water partition coefficient (Wildman–Crippen LogP) is 6.01. The summed E-state index contributed by atoms with van der Waals surface area (Å²) in [6.07, 6.45) is 2.20. The largest absolute Gasteiger partial charge is 0.315 e. The summed E-state index contributed by atoms with van der Waals surface area (Å²) in [6.45, 7) is 4.16. The minimum atomic E-state index is 0.0569. The van der Waals surface area contributed by atoms with E-state index in [0.29, 0.717) is 6.42 Å². The van der Waals surface area contributed by atoms with E-state index >= 15 is 0 Å². The molecule has 0 aliphatic heterocycles. The number of hydrogen-bond acceptors (Lipinski definition) is 2. The first-order valence-corrected chi connectivity index (χ1v) is 11.1. The molecule has 4 nitrogen and oxygen atoms in total. The second-order valence-corrected chi connectivity index (χ2v) is 8.02. The van der Waals surface area contributed by atoms with Gasteiger partial charge in [0.2, 0.25) is 5.91 Å². The Kier molecular flexibility index (Phi) is 6.50. The number of amides is 1. The molecule has 1 amide bonds. The second kappa shape index (κ2) is 9.65. The molecule has 0 radical (unpaired) electrons. The molecule has 1 heterocycles. The molecule has 4 aromatic rings. The van der Waals surface area contributed by atoms with Gasteiger partial charge in [-0.3, -0.25) is 4.79 Å². The molecule has 0 fully saturated rings. The highest BCUT2D eigenvalue weighted by Gasteiger charge is 2.22. The molecule has 0 saturated carbocycles. The zero-order chi connectivity index (χ0) is 22.5. The second-order valence-electron chi connectivity index (χ2n) is 8.02. The number of likely N-dealkylation sites (N-methyl/N-ethyl adjacent to an activating group) is 1. The molecule has 0 bridgehead atoms. The van der Waals surface area contributed by atoms with E-state index < -0.39 is 0 Å². The van der Waals surface area contributed by atoms with Crippen LogP contribution in [0.1, 0.15) is 30.3 Å². The van der Waals surface area contributed by atoms with Crippen molar-refractivity contribution < 1.29 is 4.79 Å². The zero-order valence-electron chi connectivity index (χ0n) is 19.0. The molecule has 0 unspecified atom stereocenters. The number of carbonyl (C=O) groups excluding carboxylic acids is 1. The first-order valence-electron chi connectivity index (χ1n) is 11.1. The van der Waals surface area contributed by atoms with E-state index in [9.17, 15) is 4.79 Å². The predicted molar refractivity (Wildman–Crippen MR) is 131 cm³/mol. The van der Waals surface area contributed by atoms with Crippen molar-refractivity contribution in [2.24, 2.45) is 0 Å². The average Bonchev–Trinajstić information content (AvgIpc) is 3.15. The Morgan fingerprint density at radius 3 is 2.22 bits per heavy atom. The molecule has 0 aliphatic carbocycles. The van der Waals surface area contributed by atoms with E-state index in [1.54, 1.807) is 4.90 Å². The first-order chi connectivity index (χ1) is 15.6. The van der Waals surface area contributed by atoms with E-state index in [-0.39, 0.29) is 5.91 Å². The van der Waals surface area contributed by atoms with Gasteiger partial charge >= 0.3 is 0 Å². The standard InChI is InChI=1S/C28H29N3O/c1-4-13-27-25(21(2)29-31(27)23-16-9-6-10-17-23)20-28(32)30(3)26-19-12-11-18-24(26)22-14-7-5-8-15-22/h5-12,14-19H,4,13,20H2,1-3H3. The zero-order valence-corrected chi connectivity index (χ0v) is 19.0. The fourth-order valence-corrected chi connectivity index (χ4v) is 4.15. The maximum absolute atomic E-state index is 13.4. The molecule has 0 N–H and O–H groups in total. The van der Waals surface area contributed by atoms with Crippen LogP contribution in [0.15, 0.2) is 84.9 Å². The first kappa shape index (κ1) is 21.6. The van der Waals surface area contributed by atoms with Crippen molar-refractivity contribution in [2.45, 2.75) is 33.1 Å². The number of carbonyl (C=O) groups is 1. The lowest BCUT2D eigenvalue weighted by Crippen LogP contribution is -2.28. The quantitative estimate of drug-likeness (QED) is 0.365. The van der Waals surface area contributed by atoms with Crippen LogP contribution in [-0.2, 0) is 17.6 Å². The van der Waals surface area contributed by atoms with Crippen LogP contribution in [-0.4, -0.2) is 22.7 Å². The summed E-state index contributed by atoms with van der Waals surface area (Å²) in [6, 6.07) is 28.4. The lowest BCUT2D eigenvalue weighted by atomic mass is 10.0. The lowest BCUT2D eigenvalue weighted by Gasteiger charge is -2.21. The molecule has 0 atom stereocenters. The SMILES string of the molecule is CCCc1c(CC(=O)N(C)c2ccccc2-c2ccccc2)c(C)nn1-c1ccccc1. The van der Waals surface area contributed by atoms with E-state index in [0.717, 1.165) is 52.3 Å². The number of para-hydroxylation sites is 2. The molecule has 0 spiro atoms. The summed E-state index contributed by atoms with van der Waals surface area (Å²) >= 11 is 0. The Hall–Kier alpha value is -3.66. The van der Waals surface area contributed by atoms with Crippen LogP contribution in [0, 0.1) is 6.92 Å². The monoisotopic (exact) mass is 423 g/mol. The van der Waals surface area contributed by atoms with Crippen molar-refractivity contribution in [3.63, 3.8) is 0 Å². The van der Waals surface area contributed by atoms with Gasteiger partial charge in [0, 0.05) is 23.9 Å². The number of aromatic nitrogens is 2. The summed E-state index contributed by atoms with van der Waals surface area (Å²) in [4.78, 5) is 15.2. The molecule has 0 aliphatic rings. The molecular formula is C28H29N3O. The summed E-state index contributed by atoms with van der Waals surface area (Å²) in [7, 11) is 1.86. The van der Waals surface area contributed by atoms with Crippen LogP contribution in [0.4, 0.5) is 5.69 Å². The highest BCUT2D eigenvalue weighted by atomic mass is 16.2. The smallest absolute Gasteiger partial charge is 0.231 e. The fourth-order valence-electron chi connectivity index (χ4n) is 4.15. The van der Waals surface area contributed by atoms with Crippen molar-refractivity contribution >= 4 is 11.6 Å². The van der Waals surface area contributed by atoms with Gasteiger partial charge in [0.05, 0.1) is 23.5 Å². The Bertz CT molecular complexity index is 1200. The Morgan fingerprint density at radius 2 is 1.53 bits per heavy atom. The number of aryl methyl sites for hydroxylation is 1. The van der Waals surface area contributed by atoms with Crippen LogP contribution in [0.3, 0.4) is 0 Å². The van der Waals surface area contributed by atoms with Crippen molar-refractivity contribution in [1.82, 2.24) is 9.78 Å². The van der Waals surface area contributed by atoms with Gasteiger partial charge in [0.25, 0.3) is 0 Å². The molecule has 3 aromatic carbocycles. The Labute approximate surface area is 190 Å². The summed E-state index contributed by atoms with van der Waals surface area (Å²) in [5.74, 6) is 0.0569. The lowest BCUT2D eigenvalue weighted by molar-refractivity contribution is -0.117. The van der Waals surface area contributed by atoms with Gasteiger partial charge in [0.1, 0.15) is 0 Å². The summed E-state index contributed by atoms with van der Waals surface area (Å²) in [5.41, 5.74) is 7.15. The van der Waals surface area contributed by atoms with Gasteiger partial charge in [-0.05, 0) is 37.1 Å². The minimum Gasteiger partial charge on any atom is -0.315 e. The molecule has 162 valence electrons. The van der Waals surface area contributed by atoms with Crippen molar-refractivity contribution in [2.75, 3.05) is 11.9 Å². The topological polar surface area (TPSA) is 38.1 Å². The van der Waals surface area contributed by atoms with E-state index in [4.69, 9.17) is 5.10 Å². The van der Waals surface area contributed by atoms with Crippen molar-refractivity contribution in [3.05, 3.63) is 102 Å². The number of nitrogens with zero attached hydrogens (tertiary/aromatic N) is 3. The number of benzene rings is 3. The van der Waals surface area contributed by atoms with Crippen LogP contribution in [0.5, 0.6) is 0 Å². The van der Waals surface area contributed by atoms with Crippen LogP contribution in [0.25, 0.3) is 16.8 Å². The van der Waals surface area contributed by atoms with Crippen LogP contribution < -0.4 is 4.90 Å². The fraction of sp³-hybridized carbons (Fsp3) is 0.214. The van der Waals surface area contributed by atoms with Gasteiger partial charge in [0.15, 0.2) is 0 Å². The highest BCUT2D eigenvalue weighted by Crippen LogP contribution is 2.31. The van der Waals surface area contributed by atoms with Crippen molar-refractivity contribution in [1.29, 1.82) is 0 Å². The Morgan fingerprint density at radius 1 is 0.906 bits per heavy atom. The van der Waals surface area contributed by atoms with Crippen LogP contribution in [0.2, 0.25) is 0 Å². The molecule has 1 aromatic heterocycles. The normalized spacial score (nSPS) is 10.8. The average molecular weight is 424 g/mol. The number of hydrogen-bond donors (Lipinski definition) is 0. The van der Waals surface area contributed by atoms with Gasteiger partial charge in [-0.25, -0.2) is 4.68 Å². The third-order valence-corrected chi connectivity index (χ3v) is 5.83. The molecule has 4 heteroatoms. The van der Waals surface area contributed by atoms with E-state index in [1.165, 1.54) is 0 Å². The van der Waals surface area contributed by atoms with Crippen LogP contribution >= 0.6 is 0 Å². The Balaban J connectivity index is 1.66. The minimum absolute atomic E-state index is 0.0569. The van der Waals surface area contributed by atoms with Crippen molar-refractivity contribution in [3.8, 4) is 16.8 Å². The van der Waals surface area contributed by atoms with Gasteiger partial charge < -0.3 is 4.90 Å². The maximum atomic E-state index is 13.4. The molecule has 32 heavy (non-hydrogen) atoms.